The zero-order valence-corrected chi connectivity index (χ0v) is 14.6. The first-order chi connectivity index (χ1) is 11.7. The Kier molecular flexibility index (Phi) is 5.45. The molecule has 0 unspecified atom stereocenters. The Labute approximate surface area is 145 Å². The summed E-state index contributed by atoms with van der Waals surface area (Å²) in [6.07, 6.45) is 5.10. The molecule has 0 aliphatic heterocycles. The maximum Gasteiger partial charge on any atom is 0.318 e. The van der Waals surface area contributed by atoms with Gasteiger partial charge in [-0.2, -0.15) is 0 Å². The highest BCUT2D eigenvalue weighted by Gasteiger charge is 2.37. The van der Waals surface area contributed by atoms with Crippen LogP contribution < -0.4 is 5.32 Å². The second-order valence-corrected chi connectivity index (χ2v) is 7.13. The number of para-hydroxylation sites is 1. The van der Waals surface area contributed by atoms with Crippen molar-refractivity contribution < 1.29 is 14.3 Å². The molecule has 24 heavy (non-hydrogen) atoms. The molecule has 1 amide bonds. The first kappa shape index (κ1) is 16.9. The van der Waals surface area contributed by atoms with Crippen LogP contribution in [0.2, 0.25) is 0 Å². The summed E-state index contributed by atoms with van der Waals surface area (Å²) in [5.74, 6) is -1.38. The Morgan fingerprint density at radius 3 is 2.75 bits per heavy atom. The number of amides is 1. The fraction of sp³-hybridized carbons (Fsp3) is 0.500. The van der Waals surface area contributed by atoms with Gasteiger partial charge >= 0.3 is 5.97 Å². The number of fused-ring (bicyclic) bond motifs is 1. The molecule has 3 rings (SSSR count). The van der Waals surface area contributed by atoms with Gasteiger partial charge in [-0.1, -0.05) is 42.7 Å². The van der Waals surface area contributed by atoms with E-state index in [1.807, 2.05) is 24.3 Å². The van der Waals surface area contributed by atoms with Crippen LogP contribution in [-0.2, 0) is 14.3 Å². The van der Waals surface area contributed by atoms with Crippen LogP contribution in [0.1, 0.15) is 39.0 Å². The summed E-state index contributed by atoms with van der Waals surface area (Å²) < 4.78 is 6.17. The van der Waals surface area contributed by atoms with Crippen molar-refractivity contribution in [3.63, 3.8) is 0 Å². The van der Waals surface area contributed by atoms with Gasteiger partial charge in [0.05, 0.1) is 16.8 Å². The zero-order chi connectivity index (χ0) is 16.9. The van der Waals surface area contributed by atoms with Crippen LogP contribution in [-0.4, -0.2) is 23.5 Å². The number of anilines is 1. The van der Waals surface area contributed by atoms with Gasteiger partial charge in [-0.25, -0.2) is 4.98 Å². The number of rotatable bonds is 5. The summed E-state index contributed by atoms with van der Waals surface area (Å²) >= 11 is 1.42. The van der Waals surface area contributed by atoms with Crippen molar-refractivity contribution in [2.45, 2.75) is 39.0 Å². The van der Waals surface area contributed by atoms with E-state index in [2.05, 4.69) is 10.3 Å². The minimum absolute atomic E-state index is 0.0622. The van der Waals surface area contributed by atoms with Gasteiger partial charge in [0.15, 0.2) is 5.13 Å². The Balaban J connectivity index is 1.77. The summed E-state index contributed by atoms with van der Waals surface area (Å²) in [4.78, 5) is 29.5. The van der Waals surface area contributed by atoms with E-state index in [9.17, 15) is 9.59 Å². The van der Waals surface area contributed by atoms with Gasteiger partial charge in [0.2, 0.25) is 5.91 Å². The van der Waals surface area contributed by atoms with E-state index in [4.69, 9.17) is 4.74 Å². The number of benzene rings is 1. The summed E-state index contributed by atoms with van der Waals surface area (Å²) in [7, 11) is 0. The second kappa shape index (κ2) is 7.75. The van der Waals surface area contributed by atoms with Gasteiger partial charge in [-0.05, 0) is 37.8 Å². The maximum absolute atomic E-state index is 12.8. The number of esters is 1. The molecule has 1 heterocycles. The highest BCUT2D eigenvalue weighted by molar-refractivity contribution is 7.22. The third-order valence-corrected chi connectivity index (χ3v) is 5.42. The molecule has 1 aromatic heterocycles. The predicted molar refractivity (Wildman–Crippen MR) is 94.9 cm³/mol. The van der Waals surface area contributed by atoms with E-state index in [1.54, 1.807) is 6.92 Å². The minimum Gasteiger partial charge on any atom is -0.465 e. The number of carbonyl (C=O) groups is 2. The van der Waals surface area contributed by atoms with Crippen molar-refractivity contribution >= 4 is 38.6 Å². The zero-order valence-electron chi connectivity index (χ0n) is 13.8. The van der Waals surface area contributed by atoms with E-state index < -0.39 is 11.9 Å². The van der Waals surface area contributed by atoms with E-state index >= 15 is 0 Å². The van der Waals surface area contributed by atoms with Crippen LogP contribution >= 0.6 is 11.3 Å². The van der Waals surface area contributed by atoms with Crippen molar-refractivity contribution in [3.8, 4) is 0 Å². The number of hydrogen-bond acceptors (Lipinski definition) is 5. The number of aromatic nitrogens is 1. The molecule has 2 aromatic rings. The van der Waals surface area contributed by atoms with Crippen LogP contribution in [0.4, 0.5) is 5.13 Å². The third kappa shape index (κ3) is 3.75. The predicted octanol–water partition coefficient (Wildman–Crippen LogP) is 3.99. The van der Waals surface area contributed by atoms with Crippen molar-refractivity contribution in [1.29, 1.82) is 0 Å². The lowest BCUT2D eigenvalue weighted by molar-refractivity contribution is -0.153. The van der Waals surface area contributed by atoms with Crippen LogP contribution in [0, 0.1) is 11.8 Å². The van der Waals surface area contributed by atoms with Crippen LogP contribution in [0.3, 0.4) is 0 Å². The fourth-order valence-electron chi connectivity index (χ4n) is 3.32. The highest BCUT2D eigenvalue weighted by atomic mass is 32.1. The lowest BCUT2D eigenvalue weighted by atomic mass is 9.79. The normalized spacial score (nSPS) is 16.7. The summed E-state index contributed by atoms with van der Waals surface area (Å²) in [6.45, 7) is 2.05. The topological polar surface area (TPSA) is 68.3 Å². The Hall–Kier alpha value is -1.95. The summed E-state index contributed by atoms with van der Waals surface area (Å²) in [6, 6.07) is 7.73. The molecule has 0 saturated heterocycles. The Morgan fingerprint density at radius 1 is 1.29 bits per heavy atom. The van der Waals surface area contributed by atoms with Crippen LogP contribution in [0.25, 0.3) is 10.2 Å². The smallest absolute Gasteiger partial charge is 0.318 e. The van der Waals surface area contributed by atoms with Crippen LogP contribution in [0.5, 0.6) is 0 Å². The molecule has 1 N–H and O–H groups in total. The monoisotopic (exact) mass is 346 g/mol. The van der Waals surface area contributed by atoms with Gasteiger partial charge < -0.3 is 10.1 Å². The Bertz CT molecular complexity index is 689. The molecule has 1 atom stereocenters. The SMILES string of the molecule is CCOC(=O)[C@@H](C(=O)Nc1nc2ccccc2s1)C1CCCCC1. The van der Waals surface area contributed by atoms with Crippen molar-refractivity contribution in [2.24, 2.45) is 11.8 Å². The second-order valence-electron chi connectivity index (χ2n) is 6.10. The quantitative estimate of drug-likeness (QED) is 0.656. The van der Waals surface area contributed by atoms with Gasteiger partial charge in [0.1, 0.15) is 5.92 Å². The average Bonchev–Trinajstić information content (AvgIpc) is 2.98. The first-order valence-corrected chi connectivity index (χ1v) is 9.33. The first-order valence-electron chi connectivity index (χ1n) is 8.52. The van der Waals surface area contributed by atoms with Gasteiger partial charge in [-0.3, -0.25) is 9.59 Å². The molecule has 5 nitrogen and oxygen atoms in total. The average molecular weight is 346 g/mol. The molecule has 0 radical (unpaired) electrons. The molecule has 128 valence electrons. The molecule has 1 fully saturated rings. The highest BCUT2D eigenvalue weighted by Crippen LogP contribution is 2.32. The summed E-state index contributed by atoms with van der Waals surface area (Å²) in [5, 5.41) is 3.37. The number of nitrogens with zero attached hydrogens (tertiary/aromatic N) is 1. The lowest BCUT2D eigenvalue weighted by Crippen LogP contribution is -2.37. The van der Waals surface area contributed by atoms with E-state index in [1.165, 1.54) is 17.8 Å². The molecule has 1 aromatic carbocycles. The fourth-order valence-corrected chi connectivity index (χ4v) is 4.19. The van der Waals surface area contributed by atoms with Crippen molar-refractivity contribution in [3.05, 3.63) is 24.3 Å². The number of hydrogen-bond donors (Lipinski definition) is 1. The molecule has 0 bridgehead atoms. The number of ether oxygens (including phenoxy) is 1. The molecular weight excluding hydrogens is 324 g/mol. The third-order valence-electron chi connectivity index (χ3n) is 4.47. The molecule has 1 aliphatic carbocycles. The molecular formula is C18H22N2O3S. The number of nitrogens with one attached hydrogen (secondary N) is 1. The largest absolute Gasteiger partial charge is 0.465 e. The van der Waals surface area contributed by atoms with Gasteiger partial charge in [0.25, 0.3) is 0 Å². The maximum atomic E-state index is 12.8. The molecule has 1 aliphatic rings. The van der Waals surface area contributed by atoms with Crippen molar-refractivity contribution in [2.75, 3.05) is 11.9 Å². The summed E-state index contributed by atoms with van der Waals surface area (Å²) in [5.41, 5.74) is 0.850. The van der Waals surface area contributed by atoms with Crippen LogP contribution in [0.15, 0.2) is 24.3 Å². The van der Waals surface area contributed by atoms with E-state index in [0.717, 1.165) is 35.9 Å². The van der Waals surface area contributed by atoms with Crippen molar-refractivity contribution in [1.82, 2.24) is 4.98 Å². The lowest BCUT2D eigenvalue weighted by Gasteiger charge is -2.27. The minimum atomic E-state index is -0.739. The molecule has 0 spiro atoms. The standard InChI is InChI=1S/C18H22N2O3S/c1-2-23-17(22)15(12-8-4-3-5-9-12)16(21)20-18-19-13-10-6-7-11-14(13)24-18/h6-7,10-12,15H,2-5,8-9H2,1H3,(H,19,20,21)/t15-/m1/s1. The number of thiazole rings is 1. The number of carbonyl (C=O) groups excluding carboxylic acids is 2. The van der Waals surface area contributed by atoms with E-state index in [-0.39, 0.29) is 18.4 Å². The van der Waals surface area contributed by atoms with Gasteiger partial charge in [-0.15, -0.1) is 0 Å². The molecule has 1 saturated carbocycles. The Morgan fingerprint density at radius 2 is 2.04 bits per heavy atom. The molecule has 6 heteroatoms. The van der Waals surface area contributed by atoms with E-state index in [0.29, 0.717) is 5.13 Å². The van der Waals surface area contributed by atoms with Gasteiger partial charge in [0, 0.05) is 0 Å².